The molecule has 3 rings (SSSR count). The van der Waals surface area contributed by atoms with E-state index in [0.717, 1.165) is 42.6 Å². The predicted octanol–water partition coefficient (Wildman–Crippen LogP) is 7.42. The molecule has 1 aliphatic rings. The van der Waals surface area contributed by atoms with Crippen molar-refractivity contribution in [3.8, 4) is 11.4 Å². The maximum Gasteiger partial charge on any atom is 0.313 e. The van der Waals surface area contributed by atoms with Crippen molar-refractivity contribution in [2.24, 2.45) is 0 Å². The van der Waals surface area contributed by atoms with Crippen LogP contribution in [0.1, 0.15) is 108 Å². The van der Waals surface area contributed by atoms with Gasteiger partial charge in [0.05, 0.1) is 5.92 Å². The largest absolute Gasteiger partial charge is 0.462 e. The van der Waals surface area contributed by atoms with Gasteiger partial charge in [-0.2, -0.15) is 0 Å². The van der Waals surface area contributed by atoms with Crippen LogP contribution in [0.3, 0.4) is 0 Å². The number of benzene rings is 1. The fourth-order valence-corrected chi connectivity index (χ4v) is 4.51. The number of hydrogen-bond acceptors (Lipinski definition) is 4. The van der Waals surface area contributed by atoms with E-state index in [0.29, 0.717) is 0 Å². The van der Waals surface area contributed by atoms with E-state index in [-0.39, 0.29) is 18.0 Å². The quantitative estimate of drug-likeness (QED) is 0.228. The highest BCUT2D eigenvalue weighted by Gasteiger charge is 2.35. The first kappa shape index (κ1) is 24.4. The van der Waals surface area contributed by atoms with Crippen LogP contribution in [0, 0.1) is 0 Å². The first-order valence-corrected chi connectivity index (χ1v) is 12.8. The topological polar surface area (TPSA) is 52.1 Å². The lowest BCUT2D eigenvalue weighted by atomic mass is 9.93. The summed E-state index contributed by atoms with van der Waals surface area (Å²) >= 11 is 0. The molecule has 1 aromatic carbocycles. The van der Waals surface area contributed by atoms with Crippen molar-refractivity contribution in [1.29, 1.82) is 0 Å². The highest BCUT2D eigenvalue weighted by Crippen LogP contribution is 2.33. The summed E-state index contributed by atoms with van der Waals surface area (Å²) in [5.74, 6) is 0.528. The molecule has 2 atom stereocenters. The number of hydrogen-bond donors (Lipinski definition) is 0. The van der Waals surface area contributed by atoms with Gasteiger partial charge in [-0.15, -0.1) is 0 Å². The van der Waals surface area contributed by atoms with Crippen molar-refractivity contribution in [2.75, 3.05) is 0 Å². The van der Waals surface area contributed by atoms with E-state index >= 15 is 0 Å². The highest BCUT2D eigenvalue weighted by atomic mass is 16.5. The fourth-order valence-electron chi connectivity index (χ4n) is 4.51. The van der Waals surface area contributed by atoms with Gasteiger partial charge in [0.25, 0.3) is 0 Å². The SMILES string of the molecule is CCCCCCCCc1cnc(-c2ccc([C@H]3C[C@@H](CCCCCC)OC3=O)cc2)nc1. The Kier molecular flexibility index (Phi) is 10.2. The minimum Gasteiger partial charge on any atom is -0.462 e. The summed E-state index contributed by atoms with van der Waals surface area (Å²) in [5, 5.41) is 0. The van der Waals surface area contributed by atoms with Gasteiger partial charge in [0, 0.05) is 24.4 Å². The lowest BCUT2D eigenvalue weighted by Crippen LogP contribution is -2.06. The van der Waals surface area contributed by atoms with Crippen molar-refractivity contribution < 1.29 is 9.53 Å². The highest BCUT2D eigenvalue weighted by molar-refractivity contribution is 5.80. The molecule has 0 radical (unpaired) electrons. The molecule has 1 aliphatic heterocycles. The summed E-state index contributed by atoms with van der Waals surface area (Å²) in [6, 6.07) is 8.13. The Labute approximate surface area is 194 Å². The molecule has 0 aliphatic carbocycles. The number of carbonyl (C=O) groups is 1. The Morgan fingerprint density at radius 3 is 2.16 bits per heavy atom. The molecule has 0 spiro atoms. The number of nitrogens with zero attached hydrogens (tertiary/aromatic N) is 2. The third-order valence-corrected chi connectivity index (χ3v) is 6.54. The van der Waals surface area contributed by atoms with E-state index in [1.54, 1.807) is 0 Å². The zero-order valence-corrected chi connectivity index (χ0v) is 20.0. The molecule has 1 aromatic heterocycles. The molecule has 0 saturated carbocycles. The lowest BCUT2D eigenvalue weighted by Gasteiger charge is -2.08. The number of cyclic esters (lactones) is 1. The number of aryl methyl sites for hydroxylation is 1. The molecular formula is C28H40N2O2. The Balaban J connectivity index is 1.48. The monoisotopic (exact) mass is 436 g/mol. The number of unbranched alkanes of at least 4 members (excludes halogenated alkanes) is 8. The summed E-state index contributed by atoms with van der Waals surface area (Å²) < 4.78 is 5.63. The van der Waals surface area contributed by atoms with Crippen LogP contribution < -0.4 is 0 Å². The molecule has 0 N–H and O–H groups in total. The van der Waals surface area contributed by atoms with Gasteiger partial charge in [-0.05, 0) is 36.8 Å². The van der Waals surface area contributed by atoms with Gasteiger partial charge < -0.3 is 4.74 Å². The van der Waals surface area contributed by atoms with Crippen molar-refractivity contribution in [1.82, 2.24) is 9.97 Å². The van der Waals surface area contributed by atoms with Crippen molar-refractivity contribution in [3.05, 3.63) is 47.8 Å². The first-order chi connectivity index (χ1) is 15.7. The maximum atomic E-state index is 12.4. The average molecular weight is 437 g/mol. The van der Waals surface area contributed by atoms with E-state index in [9.17, 15) is 4.79 Å². The number of carbonyl (C=O) groups excluding carboxylic acids is 1. The molecule has 1 fully saturated rings. The third kappa shape index (κ3) is 7.43. The van der Waals surface area contributed by atoms with E-state index in [1.807, 2.05) is 36.7 Å². The summed E-state index contributed by atoms with van der Waals surface area (Å²) in [7, 11) is 0. The molecule has 174 valence electrons. The Morgan fingerprint density at radius 2 is 1.47 bits per heavy atom. The second-order valence-electron chi connectivity index (χ2n) is 9.25. The number of rotatable bonds is 14. The van der Waals surface area contributed by atoms with Crippen LogP contribution in [0.25, 0.3) is 11.4 Å². The zero-order chi connectivity index (χ0) is 22.6. The Hall–Kier alpha value is -2.23. The van der Waals surface area contributed by atoms with Gasteiger partial charge in [-0.1, -0.05) is 89.5 Å². The van der Waals surface area contributed by atoms with Crippen LogP contribution in [0.2, 0.25) is 0 Å². The van der Waals surface area contributed by atoms with Gasteiger partial charge >= 0.3 is 5.97 Å². The van der Waals surface area contributed by atoms with Crippen LogP contribution in [-0.4, -0.2) is 22.0 Å². The minimum absolute atomic E-state index is 0.0754. The van der Waals surface area contributed by atoms with Gasteiger partial charge in [-0.3, -0.25) is 4.79 Å². The summed E-state index contributed by atoms with van der Waals surface area (Å²) in [6.07, 6.45) is 19.5. The lowest BCUT2D eigenvalue weighted by molar-refractivity contribution is -0.142. The minimum atomic E-state index is -0.138. The zero-order valence-electron chi connectivity index (χ0n) is 20.0. The standard InChI is InChI=1S/C28H40N2O2/c1-3-5-7-9-10-11-13-22-20-29-27(30-21-22)24-17-15-23(16-18-24)26-19-25(32-28(26)31)14-12-8-6-4-2/h15-18,20-21,25-26H,3-14,19H2,1-2H3/t25-,26-/m1/s1. The molecule has 0 bridgehead atoms. The molecule has 4 nitrogen and oxygen atoms in total. The smallest absolute Gasteiger partial charge is 0.313 e. The van der Waals surface area contributed by atoms with Gasteiger partial charge in [0.2, 0.25) is 0 Å². The molecule has 0 unspecified atom stereocenters. The second kappa shape index (κ2) is 13.3. The van der Waals surface area contributed by atoms with Crippen molar-refractivity contribution in [2.45, 2.75) is 109 Å². The molecule has 0 amide bonds. The van der Waals surface area contributed by atoms with Gasteiger partial charge in [0.15, 0.2) is 5.82 Å². The van der Waals surface area contributed by atoms with Crippen molar-refractivity contribution >= 4 is 5.97 Å². The molecule has 1 saturated heterocycles. The van der Waals surface area contributed by atoms with E-state index < -0.39 is 0 Å². The Morgan fingerprint density at radius 1 is 0.844 bits per heavy atom. The Bertz CT molecular complexity index is 801. The van der Waals surface area contributed by atoms with Crippen LogP contribution >= 0.6 is 0 Å². The molecule has 2 aromatic rings. The van der Waals surface area contributed by atoms with Crippen LogP contribution in [0.5, 0.6) is 0 Å². The molecule has 2 heterocycles. The summed E-state index contributed by atoms with van der Waals surface area (Å²) in [6.45, 7) is 4.46. The molecular weight excluding hydrogens is 396 g/mol. The van der Waals surface area contributed by atoms with Crippen LogP contribution in [0.4, 0.5) is 0 Å². The number of aromatic nitrogens is 2. The van der Waals surface area contributed by atoms with Gasteiger partial charge in [0.1, 0.15) is 6.10 Å². The van der Waals surface area contributed by atoms with E-state index in [4.69, 9.17) is 4.74 Å². The van der Waals surface area contributed by atoms with Crippen LogP contribution in [0.15, 0.2) is 36.7 Å². The third-order valence-electron chi connectivity index (χ3n) is 6.54. The summed E-state index contributed by atoms with van der Waals surface area (Å²) in [5.41, 5.74) is 3.23. The second-order valence-corrected chi connectivity index (χ2v) is 9.25. The average Bonchev–Trinajstić information content (AvgIpc) is 3.20. The number of ether oxygens (including phenoxy) is 1. The van der Waals surface area contributed by atoms with E-state index in [2.05, 4.69) is 23.8 Å². The van der Waals surface area contributed by atoms with Crippen molar-refractivity contribution in [3.63, 3.8) is 0 Å². The summed E-state index contributed by atoms with van der Waals surface area (Å²) in [4.78, 5) is 21.5. The molecule has 4 heteroatoms. The van der Waals surface area contributed by atoms with Gasteiger partial charge in [-0.25, -0.2) is 9.97 Å². The number of esters is 1. The molecule has 32 heavy (non-hydrogen) atoms. The first-order valence-electron chi connectivity index (χ1n) is 12.8. The maximum absolute atomic E-state index is 12.4. The van der Waals surface area contributed by atoms with E-state index in [1.165, 1.54) is 63.4 Å². The fraction of sp³-hybridized carbons (Fsp3) is 0.607. The predicted molar refractivity (Wildman–Crippen MR) is 131 cm³/mol. The normalized spacial score (nSPS) is 18.1. The van der Waals surface area contributed by atoms with Crippen LogP contribution in [-0.2, 0) is 16.0 Å².